The molecule has 0 spiro atoms. The Kier molecular flexibility index (Phi) is 4.39. The summed E-state index contributed by atoms with van der Waals surface area (Å²) in [5, 5.41) is 12.5. The molecule has 0 radical (unpaired) electrons. The van der Waals surface area contributed by atoms with Gasteiger partial charge in [0.05, 0.1) is 0 Å². The number of benzene rings is 1. The van der Waals surface area contributed by atoms with Crippen LogP contribution in [0.4, 0.5) is 5.69 Å². The Morgan fingerprint density at radius 3 is 2.59 bits per heavy atom. The number of nitrogens with zero attached hydrogens (tertiary/aromatic N) is 2. The molecule has 0 aliphatic carbocycles. The molecule has 0 saturated heterocycles. The van der Waals surface area contributed by atoms with Crippen molar-refractivity contribution in [1.82, 2.24) is 10.2 Å². The van der Waals surface area contributed by atoms with Gasteiger partial charge in [-0.05, 0) is 26.0 Å². The van der Waals surface area contributed by atoms with Crippen LogP contribution in [0.25, 0.3) is 0 Å². The second kappa shape index (κ2) is 6.02. The third kappa shape index (κ3) is 4.02. The van der Waals surface area contributed by atoms with Gasteiger partial charge in [-0.15, -0.1) is 10.2 Å². The van der Waals surface area contributed by atoms with Crippen LogP contribution in [-0.4, -0.2) is 22.5 Å². The normalized spacial score (nSPS) is 10.5. The number of thioether (sulfide) groups is 1. The molecule has 0 saturated carbocycles. The Balaban J connectivity index is 1.71. The molecule has 0 aliphatic rings. The minimum atomic E-state index is 0.937. The van der Waals surface area contributed by atoms with E-state index >= 15 is 0 Å². The number of rotatable bonds is 5. The highest BCUT2D eigenvalue weighted by molar-refractivity contribution is 8.01. The van der Waals surface area contributed by atoms with Crippen LogP contribution in [0, 0.1) is 13.8 Å². The van der Waals surface area contributed by atoms with Gasteiger partial charge in [-0.2, -0.15) is 0 Å². The topological polar surface area (TPSA) is 37.8 Å². The van der Waals surface area contributed by atoms with Gasteiger partial charge >= 0.3 is 0 Å². The molecular formula is C12H15N3S2. The molecule has 17 heavy (non-hydrogen) atoms. The van der Waals surface area contributed by atoms with Crippen LogP contribution in [0.2, 0.25) is 0 Å². The molecule has 5 heteroatoms. The van der Waals surface area contributed by atoms with E-state index in [4.69, 9.17) is 0 Å². The van der Waals surface area contributed by atoms with E-state index in [0.717, 1.165) is 21.6 Å². The molecule has 0 fully saturated rings. The van der Waals surface area contributed by atoms with Crippen molar-refractivity contribution < 1.29 is 0 Å². The number of aromatic nitrogens is 2. The van der Waals surface area contributed by atoms with E-state index in [1.54, 1.807) is 23.1 Å². The smallest absolute Gasteiger partial charge is 0.174 e. The molecule has 1 heterocycles. The first-order valence-corrected chi connectivity index (χ1v) is 7.28. The van der Waals surface area contributed by atoms with E-state index in [-0.39, 0.29) is 0 Å². The summed E-state index contributed by atoms with van der Waals surface area (Å²) in [5.74, 6) is 1.00. The number of aryl methyl sites for hydroxylation is 2. The molecule has 2 aromatic rings. The number of anilines is 1. The van der Waals surface area contributed by atoms with Crippen LogP contribution in [0.3, 0.4) is 0 Å². The second-order valence-corrected chi connectivity index (χ2v) is 6.25. The van der Waals surface area contributed by atoms with Crippen LogP contribution in [0.5, 0.6) is 0 Å². The largest absolute Gasteiger partial charge is 0.384 e. The van der Waals surface area contributed by atoms with E-state index in [1.807, 2.05) is 6.92 Å². The quantitative estimate of drug-likeness (QED) is 0.664. The first-order chi connectivity index (χ1) is 8.24. The highest BCUT2D eigenvalue weighted by Gasteiger charge is 2.00. The van der Waals surface area contributed by atoms with Crippen molar-refractivity contribution in [3.05, 3.63) is 34.8 Å². The molecule has 0 atom stereocenters. The van der Waals surface area contributed by atoms with E-state index in [9.17, 15) is 0 Å². The second-order valence-electron chi connectivity index (χ2n) is 3.73. The first-order valence-electron chi connectivity index (χ1n) is 5.47. The molecule has 0 unspecified atom stereocenters. The van der Waals surface area contributed by atoms with E-state index in [2.05, 4.69) is 46.7 Å². The van der Waals surface area contributed by atoms with Gasteiger partial charge in [0.1, 0.15) is 5.01 Å². The zero-order valence-electron chi connectivity index (χ0n) is 9.93. The molecule has 0 amide bonds. The lowest BCUT2D eigenvalue weighted by Gasteiger charge is -2.05. The SMILES string of the molecule is Cc1ccc(NCCSc2nnc(C)s2)cc1. The molecular weight excluding hydrogens is 250 g/mol. The van der Waals surface area contributed by atoms with Crippen molar-refractivity contribution in [2.24, 2.45) is 0 Å². The maximum absolute atomic E-state index is 4.08. The van der Waals surface area contributed by atoms with Crippen molar-refractivity contribution in [2.45, 2.75) is 18.2 Å². The van der Waals surface area contributed by atoms with E-state index in [0.29, 0.717) is 0 Å². The third-order valence-electron chi connectivity index (χ3n) is 2.22. The lowest BCUT2D eigenvalue weighted by atomic mass is 10.2. The average molecular weight is 265 g/mol. The number of hydrogen-bond donors (Lipinski definition) is 1. The first kappa shape index (κ1) is 12.4. The Morgan fingerprint density at radius 2 is 1.94 bits per heavy atom. The van der Waals surface area contributed by atoms with Gasteiger partial charge in [0.25, 0.3) is 0 Å². The summed E-state index contributed by atoms with van der Waals surface area (Å²) in [6.07, 6.45) is 0. The van der Waals surface area contributed by atoms with Gasteiger partial charge in [0.2, 0.25) is 0 Å². The minimum Gasteiger partial charge on any atom is -0.384 e. The molecule has 3 nitrogen and oxygen atoms in total. The summed E-state index contributed by atoms with van der Waals surface area (Å²) >= 11 is 3.39. The van der Waals surface area contributed by atoms with Gasteiger partial charge in [0, 0.05) is 18.0 Å². The summed E-state index contributed by atoms with van der Waals surface area (Å²) in [7, 11) is 0. The van der Waals surface area contributed by atoms with Crippen LogP contribution < -0.4 is 5.32 Å². The van der Waals surface area contributed by atoms with Crippen LogP contribution in [0.15, 0.2) is 28.6 Å². The lowest BCUT2D eigenvalue weighted by molar-refractivity contribution is 0.983. The van der Waals surface area contributed by atoms with Crippen molar-refractivity contribution in [1.29, 1.82) is 0 Å². The summed E-state index contributed by atoms with van der Waals surface area (Å²) in [6, 6.07) is 8.44. The predicted molar refractivity (Wildman–Crippen MR) is 75.0 cm³/mol. The molecule has 1 N–H and O–H groups in total. The van der Waals surface area contributed by atoms with Gasteiger partial charge in [0.15, 0.2) is 4.34 Å². The van der Waals surface area contributed by atoms with Crippen molar-refractivity contribution >= 4 is 28.8 Å². The molecule has 1 aromatic carbocycles. The van der Waals surface area contributed by atoms with Crippen LogP contribution in [-0.2, 0) is 0 Å². The maximum Gasteiger partial charge on any atom is 0.174 e. The number of nitrogens with one attached hydrogen (secondary N) is 1. The summed E-state index contributed by atoms with van der Waals surface area (Å²) < 4.78 is 1.05. The summed E-state index contributed by atoms with van der Waals surface area (Å²) in [6.45, 7) is 5.01. The summed E-state index contributed by atoms with van der Waals surface area (Å²) in [5.41, 5.74) is 2.46. The zero-order valence-corrected chi connectivity index (χ0v) is 11.6. The molecule has 90 valence electrons. The van der Waals surface area contributed by atoms with E-state index in [1.165, 1.54) is 11.3 Å². The summed E-state index contributed by atoms with van der Waals surface area (Å²) in [4.78, 5) is 0. The van der Waals surface area contributed by atoms with Gasteiger partial charge in [-0.1, -0.05) is 40.8 Å². The zero-order chi connectivity index (χ0) is 12.1. The monoisotopic (exact) mass is 265 g/mol. The van der Waals surface area contributed by atoms with Crippen LogP contribution in [0.1, 0.15) is 10.6 Å². The van der Waals surface area contributed by atoms with Crippen molar-refractivity contribution in [3.8, 4) is 0 Å². The maximum atomic E-state index is 4.08. The number of hydrogen-bond acceptors (Lipinski definition) is 5. The minimum absolute atomic E-state index is 0.937. The molecule has 2 rings (SSSR count). The Labute approximate surface area is 110 Å². The predicted octanol–water partition coefficient (Wildman–Crippen LogP) is 3.36. The van der Waals surface area contributed by atoms with Crippen molar-refractivity contribution in [3.63, 3.8) is 0 Å². The lowest BCUT2D eigenvalue weighted by Crippen LogP contribution is -2.03. The Morgan fingerprint density at radius 1 is 1.18 bits per heavy atom. The van der Waals surface area contributed by atoms with Crippen molar-refractivity contribution in [2.75, 3.05) is 17.6 Å². The average Bonchev–Trinajstić information content (AvgIpc) is 2.73. The highest BCUT2D eigenvalue weighted by atomic mass is 32.2. The fourth-order valence-electron chi connectivity index (χ4n) is 1.34. The molecule has 1 aromatic heterocycles. The van der Waals surface area contributed by atoms with Gasteiger partial charge in [-0.3, -0.25) is 0 Å². The Hall–Kier alpha value is -1.07. The van der Waals surface area contributed by atoms with Gasteiger partial charge in [-0.25, -0.2) is 0 Å². The molecule has 0 bridgehead atoms. The van der Waals surface area contributed by atoms with Gasteiger partial charge < -0.3 is 5.32 Å². The third-order valence-corrected chi connectivity index (χ3v) is 4.19. The fraction of sp³-hybridized carbons (Fsp3) is 0.333. The van der Waals surface area contributed by atoms with Crippen LogP contribution >= 0.6 is 23.1 Å². The Bertz CT molecular complexity index is 465. The standard InChI is InChI=1S/C12H15N3S2/c1-9-3-5-11(6-4-9)13-7-8-16-12-15-14-10(2)17-12/h3-6,13H,7-8H2,1-2H3. The molecule has 0 aliphatic heterocycles. The van der Waals surface area contributed by atoms with E-state index < -0.39 is 0 Å². The fourth-order valence-corrected chi connectivity index (χ4v) is 3.08. The highest BCUT2D eigenvalue weighted by Crippen LogP contribution is 2.21.